The van der Waals surface area contributed by atoms with Gasteiger partial charge < -0.3 is 15.4 Å². The average Bonchev–Trinajstić information content (AvgIpc) is 3.46. The Kier molecular flexibility index (Phi) is 4.14. The van der Waals surface area contributed by atoms with Crippen LogP contribution in [0.2, 0.25) is 0 Å². The van der Waals surface area contributed by atoms with Crippen LogP contribution in [0.5, 0.6) is 0 Å². The van der Waals surface area contributed by atoms with Gasteiger partial charge in [0.15, 0.2) is 0 Å². The first-order valence-corrected chi connectivity index (χ1v) is 9.51. The Labute approximate surface area is 167 Å². The first kappa shape index (κ1) is 17.6. The van der Waals surface area contributed by atoms with E-state index in [4.69, 9.17) is 16.9 Å². The fourth-order valence-corrected chi connectivity index (χ4v) is 3.67. The SMILES string of the molecule is C#Cc1ccc(CN(C(=O)c2cc3c4c(c(N)nc3cn2)COC4)C2CC2)nc1. The van der Waals surface area contributed by atoms with Crippen LogP contribution in [0, 0.1) is 12.3 Å². The van der Waals surface area contributed by atoms with Crippen molar-refractivity contribution in [2.45, 2.75) is 38.6 Å². The number of ether oxygens (including phenoxy) is 1. The molecule has 3 aromatic rings. The highest BCUT2D eigenvalue weighted by molar-refractivity contribution is 5.97. The molecule has 2 aliphatic rings. The first-order valence-electron chi connectivity index (χ1n) is 9.51. The van der Waals surface area contributed by atoms with E-state index in [1.54, 1.807) is 12.4 Å². The highest BCUT2D eigenvalue weighted by Crippen LogP contribution is 2.33. The monoisotopic (exact) mass is 385 g/mol. The molecular formula is C22H19N5O2. The van der Waals surface area contributed by atoms with Gasteiger partial charge in [0.25, 0.3) is 5.91 Å². The predicted octanol–water partition coefficient (Wildman–Crippen LogP) is 2.42. The smallest absolute Gasteiger partial charge is 0.273 e. The number of amides is 1. The Morgan fingerprint density at radius 1 is 1.24 bits per heavy atom. The summed E-state index contributed by atoms with van der Waals surface area (Å²) in [5, 5.41) is 0.872. The molecule has 5 rings (SSSR count). The molecule has 1 aliphatic heterocycles. The topological polar surface area (TPSA) is 94.2 Å². The second-order valence-corrected chi connectivity index (χ2v) is 7.38. The predicted molar refractivity (Wildman–Crippen MR) is 108 cm³/mol. The third kappa shape index (κ3) is 3.18. The van der Waals surface area contributed by atoms with Gasteiger partial charge in [-0.15, -0.1) is 6.42 Å². The van der Waals surface area contributed by atoms with E-state index in [1.807, 2.05) is 23.1 Å². The number of nitrogens with zero attached hydrogens (tertiary/aromatic N) is 4. The number of terminal acetylenes is 1. The van der Waals surface area contributed by atoms with Crippen LogP contribution >= 0.6 is 0 Å². The molecule has 0 saturated heterocycles. The quantitative estimate of drug-likeness (QED) is 0.693. The van der Waals surface area contributed by atoms with Gasteiger partial charge in [-0.3, -0.25) is 9.78 Å². The number of carbonyl (C=O) groups excluding carboxylic acids is 1. The maximum Gasteiger partial charge on any atom is 0.273 e. The second-order valence-electron chi connectivity index (χ2n) is 7.38. The molecule has 0 bridgehead atoms. The number of nitrogens with two attached hydrogens (primary N) is 1. The van der Waals surface area contributed by atoms with E-state index in [9.17, 15) is 4.79 Å². The van der Waals surface area contributed by atoms with Gasteiger partial charge in [-0.05, 0) is 36.6 Å². The summed E-state index contributed by atoms with van der Waals surface area (Å²) in [7, 11) is 0. The summed E-state index contributed by atoms with van der Waals surface area (Å²) in [5.41, 5.74) is 10.5. The van der Waals surface area contributed by atoms with Crippen LogP contribution in [-0.4, -0.2) is 31.8 Å². The van der Waals surface area contributed by atoms with E-state index in [2.05, 4.69) is 20.9 Å². The van der Waals surface area contributed by atoms with Gasteiger partial charge in [-0.1, -0.05) is 5.92 Å². The summed E-state index contributed by atoms with van der Waals surface area (Å²) >= 11 is 0. The molecule has 1 amide bonds. The minimum absolute atomic E-state index is 0.110. The number of hydrogen-bond donors (Lipinski definition) is 1. The van der Waals surface area contributed by atoms with E-state index in [0.717, 1.165) is 40.6 Å². The van der Waals surface area contributed by atoms with Gasteiger partial charge in [-0.25, -0.2) is 9.97 Å². The maximum absolute atomic E-state index is 13.3. The molecule has 1 aliphatic carbocycles. The lowest BCUT2D eigenvalue weighted by Gasteiger charge is -2.22. The zero-order valence-electron chi connectivity index (χ0n) is 15.8. The summed E-state index contributed by atoms with van der Waals surface area (Å²) in [4.78, 5) is 28.3. The third-order valence-corrected chi connectivity index (χ3v) is 5.41. The van der Waals surface area contributed by atoms with Crippen LogP contribution in [0.3, 0.4) is 0 Å². The second kappa shape index (κ2) is 6.83. The highest BCUT2D eigenvalue weighted by Gasteiger charge is 2.34. The van der Waals surface area contributed by atoms with Crippen LogP contribution < -0.4 is 5.73 Å². The van der Waals surface area contributed by atoms with Crippen LogP contribution in [0.1, 0.15) is 45.7 Å². The van der Waals surface area contributed by atoms with Crippen molar-refractivity contribution in [3.8, 4) is 12.3 Å². The lowest BCUT2D eigenvalue weighted by Crippen LogP contribution is -2.33. The lowest BCUT2D eigenvalue weighted by molar-refractivity contribution is 0.0722. The highest BCUT2D eigenvalue weighted by atomic mass is 16.5. The molecule has 0 radical (unpaired) electrons. The van der Waals surface area contributed by atoms with E-state index in [-0.39, 0.29) is 11.9 Å². The molecule has 0 spiro atoms. The van der Waals surface area contributed by atoms with Crippen molar-refractivity contribution in [2.75, 3.05) is 5.73 Å². The number of carbonyl (C=O) groups is 1. The van der Waals surface area contributed by atoms with Crippen molar-refractivity contribution in [2.24, 2.45) is 0 Å². The number of hydrogen-bond acceptors (Lipinski definition) is 6. The fraction of sp³-hybridized carbons (Fsp3) is 0.273. The molecule has 7 nitrogen and oxygen atoms in total. The van der Waals surface area contributed by atoms with Gasteiger partial charge in [-0.2, -0.15) is 0 Å². The Morgan fingerprint density at radius 3 is 2.79 bits per heavy atom. The van der Waals surface area contributed by atoms with E-state index >= 15 is 0 Å². The lowest BCUT2D eigenvalue weighted by atomic mass is 10.1. The Balaban J connectivity index is 1.48. The summed E-state index contributed by atoms with van der Waals surface area (Å²) in [6, 6.07) is 5.73. The zero-order chi connectivity index (χ0) is 20.0. The molecule has 4 heterocycles. The van der Waals surface area contributed by atoms with Crippen molar-refractivity contribution in [3.63, 3.8) is 0 Å². The minimum atomic E-state index is -0.110. The van der Waals surface area contributed by atoms with Gasteiger partial charge in [0.05, 0.1) is 37.2 Å². The molecule has 0 aromatic carbocycles. The summed E-state index contributed by atoms with van der Waals surface area (Å²) in [6.07, 6.45) is 10.6. The molecule has 2 N–H and O–H groups in total. The molecule has 3 aromatic heterocycles. The van der Waals surface area contributed by atoms with Gasteiger partial charge in [0.1, 0.15) is 11.5 Å². The van der Waals surface area contributed by atoms with Crippen molar-refractivity contribution in [1.29, 1.82) is 0 Å². The van der Waals surface area contributed by atoms with Crippen LogP contribution in [0.25, 0.3) is 10.9 Å². The number of pyridine rings is 3. The molecule has 0 atom stereocenters. The average molecular weight is 385 g/mol. The molecule has 7 heteroatoms. The number of anilines is 1. The van der Waals surface area contributed by atoms with Crippen LogP contribution in [-0.2, 0) is 24.5 Å². The number of nitrogen functional groups attached to an aromatic ring is 1. The van der Waals surface area contributed by atoms with Crippen molar-refractivity contribution in [3.05, 3.63) is 58.7 Å². The van der Waals surface area contributed by atoms with Crippen LogP contribution in [0.4, 0.5) is 5.82 Å². The van der Waals surface area contributed by atoms with E-state index in [1.165, 1.54) is 0 Å². The van der Waals surface area contributed by atoms with E-state index < -0.39 is 0 Å². The summed E-state index contributed by atoms with van der Waals surface area (Å²) in [6.45, 7) is 1.34. The molecule has 1 fully saturated rings. The number of fused-ring (bicyclic) bond motifs is 3. The van der Waals surface area contributed by atoms with Gasteiger partial charge in [0.2, 0.25) is 0 Å². The van der Waals surface area contributed by atoms with E-state index in [0.29, 0.717) is 36.8 Å². The minimum Gasteiger partial charge on any atom is -0.383 e. The number of rotatable bonds is 4. The van der Waals surface area contributed by atoms with Crippen LogP contribution in [0.15, 0.2) is 30.6 Å². The number of aromatic nitrogens is 3. The Hall–Kier alpha value is -3.50. The maximum atomic E-state index is 13.3. The molecular weight excluding hydrogens is 366 g/mol. The first-order chi connectivity index (χ1) is 14.1. The van der Waals surface area contributed by atoms with Crippen molar-refractivity contribution >= 4 is 22.6 Å². The fourth-order valence-electron chi connectivity index (χ4n) is 3.67. The molecule has 1 saturated carbocycles. The van der Waals surface area contributed by atoms with Crippen molar-refractivity contribution < 1.29 is 9.53 Å². The normalized spacial score (nSPS) is 15.1. The Morgan fingerprint density at radius 2 is 2.07 bits per heavy atom. The molecule has 29 heavy (non-hydrogen) atoms. The zero-order valence-corrected chi connectivity index (χ0v) is 15.8. The standard InChI is InChI=1S/C22H19N5O2/c1-2-13-3-4-14(24-8-13)10-27(15-5-6-15)22(28)19-7-16-17-11-29-12-18(17)21(23)26-20(16)9-25-19/h1,3-4,7-9,15H,5-6,10-12H2,(H2,23,26). The molecule has 144 valence electrons. The van der Waals surface area contributed by atoms with Crippen molar-refractivity contribution in [1.82, 2.24) is 19.9 Å². The van der Waals surface area contributed by atoms with Gasteiger partial charge in [0, 0.05) is 28.8 Å². The van der Waals surface area contributed by atoms with Gasteiger partial charge >= 0.3 is 0 Å². The third-order valence-electron chi connectivity index (χ3n) is 5.41. The summed E-state index contributed by atoms with van der Waals surface area (Å²) in [5.74, 6) is 2.91. The Bertz CT molecular complexity index is 1160. The largest absolute Gasteiger partial charge is 0.383 e. The molecule has 0 unspecified atom stereocenters. The summed E-state index contributed by atoms with van der Waals surface area (Å²) < 4.78 is 5.54.